The van der Waals surface area contributed by atoms with Gasteiger partial charge >= 0.3 is 0 Å². The molecule has 0 amide bonds. The van der Waals surface area contributed by atoms with Crippen molar-refractivity contribution in [1.29, 1.82) is 0 Å². The molecule has 152 valence electrons. The summed E-state index contributed by atoms with van der Waals surface area (Å²) in [7, 11) is 4.08. The summed E-state index contributed by atoms with van der Waals surface area (Å²) in [5.41, 5.74) is 8.26. The molecule has 0 unspecified atom stereocenters. The summed E-state index contributed by atoms with van der Waals surface area (Å²) in [5.74, 6) is 1.06. The minimum atomic E-state index is 0.431. The summed E-state index contributed by atoms with van der Waals surface area (Å²) in [4.78, 5) is 13.2. The fourth-order valence-electron chi connectivity index (χ4n) is 3.44. The number of rotatable bonds is 5. The van der Waals surface area contributed by atoms with E-state index in [1.54, 1.807) is 6.20 Å². The van der Waals surface area contributed by atoms with Gasteiger partial charge in [-0.3, -0.25) is 4.68 Å². The Morgan fingerprint density at radius 1 is 1.24 bits per heavy atom. The van der Waals surface area contributed by atoms with Crippen molar-refractivity contribution in [2.75, 3.05) is 43.1 Å². The van der Waals surface area contributed by atoms with Gasteiger partial charge in [0.1, 0.15) is 5.02 Å². The van der Waals surface area contributed by atoms with E-state index in [1.807, 2.05) is 42.4 Å². The zero-order chi connectivity index (χ0) is 20.4. The van der Waals surface area contributed by atoms with Crippen molar-refractivity contribution >= 4 is 40.4 Å². The first-order valence-corrected chi connectivity index (χ1v) is 9.99. The molecule has 3 aromatic rings. The molecular formula is C20H25ClN8. The zero-order valence-corrected chi connectivity index (χ0v) is 17.3. The molecule has 1 aromatic carbocycles. The molecular weight excluding hydrogens is 388 g/mol. The molecule has 0 saturated carbocycles. The van der Waals surface area contributed by atoms with E-state index in [9.17, 15) is 0 Å². The first kappa shape index (κ1) is 19.5. The summed E-state index contributed by atoms with van der Waals surface area (Å²) in [6.07, 6.45) is 7.71. The summed E-state index contributed by atoms with van der Waals surface area (Å²) in [6.45, 7) is 2.18. The normalized spacial score (nSPS) is 15.4. The maximum atomic E-state index is 6.30. The minimum Gasteiger partial charge on any atom is -0.399 e. The molecule has 0 bridgehead atoms. The lowest BCUT2D eigenvalue weighted by Crippen LogP contribution is -2.31. The van der Waals surface area contributed by atoms with Crippen LogP contribution in [0.15, 0.2) is 42.9 Å². The average Bonchev–Trinajstić information content (AvgIpc) is 3.20. The fourth-order valence-corrected chi connectivity index (χ4v) is 3.57. The first-order valence-electron chi connectivity index (χ1n) is 9.61. The van der Waals surface area contributed by atoms with Crippen LogP contribution in [0.1, 0.15) is 18.9 Å². The number of anilines is 5. The van der Waals surface area contributed by atoms with Gasteiger partial charge in [-0.05, 0) is 51.2 Å². The van der Waals surface area contributed by atoms with Gasteiger partial charge in [0.05, 0.1) is 24.1 Å². The third-order valence-corrected chi connectivity index (χ3v) is 5.49. The van der Waals surface area contributed by atoms with E-state index < -0.39 is 0 Å². The van der Waals surface area contributed by atoms with Gasteiger partial charge in [-0.1, -0.05) is 17.7 Å². The van der Waals surface area contributed by atoms with E-state index in [2.05, 4.69) is 43.2 Å². The number of aromatic nitrogens is 4. The number of piperidine rings is 1. The molecule has 0 radical (unpaired) electrons. The molecule has 9 heteroatoms. The first-order chi connectivity index (χ1) is 14.0. The Kier molecular flexibility index (Phi) is 5.55. The van der Waals surface area contributed by atoms with Crippen LogP contribution in [0.5, 0.6) is 0 Å². The molecule has 3 N–H and O–H groups in total. The van der Waals surface area contributed by atoms with Gasteiger partial charge in [-0.25, -0.2) is 4.98 Å². The molecule has 29 heavy (non-hydrogen) atoms. The van der Waals surface area contributed by atoms with E-state index in [0.29, 0.717) is 28.5 Å². The van der Waals surface area contributed by atoms with Crippen molar-refractivity contribution in [2.24, 2.45) is 0 Å². The third-order valence-electron chi connectivity index (χ3n) is 5.22. The smallest absolute Gasteiger partial charge is 0.231 e. The molecule has 1 aliphatic heterocycles. The molecule has 4 rings (SSSR count). The van der Waals surface area contributed by atoms with Crippen molar-refractivity contribution < 1.29 is 0 Å². The van der Waals surface area contributed by atoms with Crippen molar-refractivity contribution in [3.63, 3.8) is 0 Å². The Hall–Kier alpha value is -2.84. The van der Waals surface area contributed by atoms with Crippen LogP contribution in [-0.4, -0.2) is 51.8 Å². The van der Waals surface area contributed by atoms with Gasteiger partial charge in [-0.15, -0.1) is 0 Å². The topological polar surface area (TPSA) is 88.1 Å². The Morgan fingerprint density at radius 3 is 2.79 bits per heavy atom. The van der Waals surface area contributed by atoms with Crippen LogP contribution in [0.2, 0.25) is 5.02 Å². The average molecular weight is 413 g/mol. The molecule has 0 atom stereocenters. The van der Waals surface area contributed by atoms with Crippen LogP contribution in [0.3, 0.4) is 0 Å². The highest BCUT2D eigenvalue weighted by Gasteiger charge is 2.20. The summed E-state index contributed by atoms with van der Waals surface area (Å²) in [6, 6.07) is 7.86. The van der Waals surface area contributed by atoms with Crippen LogP contribution >= 0.6 is 11.6 Å². The summed E-state index contributed by atoms with van der Waals surface area (Å²) < 4.78 is 2.06. The molecule has 1 saturated heterocycles. The van der Waals surface area contributed by atoms with Gasteiger partial charge in [0.25, 0.3) is 0 Å². The van der Waals surface area contributed by atoms with Gasteiger partial charge in [0, 0.05) is 24.6 Å². The molecule has 2 aromatic heterocycles. The quantitative estimate of drug-likeness (QED) is 0.618. The second-order valence-corrected chi connectivity index (χ2v) is 7.80. The number of benzene rings is 1. The molecule has 3 heterocycles. The van der Waals surface area contributed by atoms with Gasteiger partial charge in [0.15, 0.2) is 5.82 Å². The lowest BCUT2D eigenvalue weighted by molar-refractivity contribution is 0.212. The molecule has 8 nitrogen and oxygen atoms in total. The number of nitrogens with zero attached hydrogens (tertiary/aromatic N) is 6. The van der Waals surface area contributed by atoms with Gasteiger partial charge < -0.3 is 20.9 Å². The largest absolute Gasteiger partial charge is 0.399 e. The zero-order valence-electron chi connectivity index (χ0n) is 16.6. The number of nitrogens with two attached hydrogens (primary N) is 1. The fraction of sp³-hybridized carbons (Fsp3) is 0.350. The molecule has 0 aliphatic carbocycles. The Balaban J connectivity index is 1.52. The molecule has 0 spiro atoms. The summed E-state index contributed by atoms with van der Waals surface area (Å²) in [5, 5.41) is 8.22. The number of halogens is 1. The Bertz CT molecular complexity index is 980. The Labute approximate surface area is 175 Å². The van der Waals surface area contributed by atoms with E-state index in [1.165, 1.54) is 0 Å². The second-order valence-electron chi connectivity index (χ2n) is 7.39. The highest BCUT2D eigenvalue weighted by Crippen LogP contribution is 2.29. The van der Waals surface area contributed by atoms with Gasteiger partial charge in [-0.2, -0.15) is 10.1 Å². The van der Waals surface area contributed by atoms with E-state index in [0.717, 1.165) is 37.3 Å². The maximum absolute atomic E-state index is 6.30. The van der Waals surface area contributed by atoms with Crippen molar-refractivity contribution in [3.05, 3.63) is 47.9 Å². The van der Waals surface area contributed by atoms with Gasteiger partial charge in [0.2, 0.25) is 5.95 Å². The highest BCUT2D eigenvalue weighted by atomic mass is 35.5. The monoisotopic (exact) mass is 412 g/mol. The number of likely N-dealkylation sites (tertiary alicyclic amines) is 1. The maximum Gasteiger partial charge on any atom is 0.231 e. The minimum absolute atomic E-state index is 0.431. The lowest BCUT2D eigenvalue weighted by Gasteiger charge is -2.29. The number of nitrogen functional groups attached to an aromatic ring is 1. The highest BCUT2D eigenvalue weighted by molar-refractivity contribution is 6.32. The van der Waals surface area contributed by atoms with Crippen LogP contribution < -0.4 is 16.0 Å². The standard InChI is InChI=1S/C20H25ClN8/c1-27-8-6-16(7-9-27)29-13-17(11-24-29)28(2)20-23-12-18(21)19(26-20)25-15-5-3-4-14(22)10-15/h3-5,10-13,16H,6-9,22H2,1-2H3,(H,23,25,26). The van der Waals surface area contributed by atoms with Crippen molar-refractivity contribution in [3.8, 4) is 0 Å². The van der Waals surface area contributed by atoms with E-state index in [-0.39, 0.29) is 0 Å². The van der Waals surface area contributed by atoms with Crippen LogP contribution in [0.4, 0.5) is 28.8 Å². The SMILES string of the molecule is CN1CCC(n2cc(N(C)c3ncc(Cl)c(Nc4cccc(N)c4)n3)cn2)CC1. The van der Waals surface area contributed by atoms with Crippen LogP contribution in [0, 0.1) is 0 Å². The van der Waals surface area contributed by atoms with Crippen molar-refractivity contribution in [1.82, 2.24) is 24.6 Å². The number of hydrogen-bond acceptors (Lipinski definition) is 7. The van der Waals surface area contributed by atoms with E-state index >= 15 is 0 Å². The number of nitrogens with one attached hydrogen (secondary N) is 1. The lowest BCUT2D eigenvalue weighted by atomic mass is 10.1. The van der Waals surface area contributed by atoms with E-state index in [4.69, 9.17) is 17.3 Å². The second kappa shape index (κ2) is 8.26. The molecule has 1 fully saturated rings. The van der Waals surface area contributed by atoms with Crippen LogP contribution in [0.25, 0.3) is 0 Å². The Morgan fingerprint density at radius 2 is 2.03 bits per heavy atom. The summed E-state index contributed by atoms with van der Waals surface area (Å²) >= 11 is 6.30. The predicted octanol–water partition coefficient (Wildman–Crippen LogP) is 3.69. The molecule has 1 aliphatic rings. The number of hydrogen-bond donors (Lipinski definition) is 2. The third kappa shape index (κ3) is 4.44. The van der Waals surface area contributed by atoms with Crippen molar-refractivity contribution in [2.45, 2.75) is 18.9 Å². The predicted molar refractivity (Wildman–Crippen MR) is 117 cm³/mol. The van der Waals surface area contributed by atoms with Crippen LogP contribution in [-0.2, 0) is 0 Å².